The Morgan fingerprint density at radius 2 is 2.05 bits per heavy atom. The van der Waals surface area contributed by atoms with E-state index >= 15 is 0 Å². The van der Waals surface area contributed by atoms with Gasteiger partial charge in [0, 0.05) is 13.2 Å². The molecule has 0 bridgehead atoms. The summed E-state index contributed by atoms with van der Waals surface area (Å²) in [5.41, 5.74) is 0.0598. The van der Waals surface area contributed by atoms with E-state index in [4.69, 9.17) is 9.47 Å². The van der Waals surface area contributed by atoms with Gasteiger partial charge in [-0.3, -0.25) is 10.1 Å². The number of nitrogens with zero attached hydrogens (tertiary/aromatic N) is 3. The summed E-state index contributed by atoms with van der Waals surface area (Å²) >= 11 is 0. The van der Waals surface area contributed by atoms with Gasteiger partial charge in [0.05, 0.1) is 11.5 Å². The molecule has 0 amide bonds. The first-order chi connectivity index (χ1) is 9.95. The van der Waals surface area contributed by atoms with Crippen LogP contribution < -0.4 is 10.1 Å². The maximum absolute atomic E-state index is 11.1. The molecule has 1 N–H and O–H groups in total. The zero-order valence-electron chi connectivity index (χ0n) is 12.9. The lowest BCUT2D eigenvalue weighted by molar-refractivity contribution is -0.387. The predicted molar refractivity (Wildman–Crippen MR) is 78.7 cm³/mol. The van der Waals surface area contributed by atoms with Gasteiger partial charge in [0.25, 0.3) is 5.88 Å². The molecule has 0 atom stereocenters. The van der Waals surface area contributed by atoms with Gasteiger partial charge in [-0.15, -0.1) is 0 Å². The standard InChI is InChI=1S/C13H22N4O4/c1-5-14-13-15-10(4)11(17(18)19)12(16-13)21-7-6-20-8-9(2)3/h9H,5-8H2,1-4H3,(H,14,15,16). The summed E-state index contributed by atoms with van der Waals surface area (Å²) in [6, 6.07) is 0. The van der Waals surface area contributed by atoms with E-state index in [0.29, 0.717) is 31.6 Å². The molecular weight excluding hydrogens is 276 g/mol. The van der Waals surface area contributed by atoms with E-state index in [-0.39, 0.29) is 23.9 Å². The first-order valence-corrected chi connectivity index (χ1v) is 6.93. The Morgan fingerprint density at radius 3 is 2.62 bits per heavy atom. The monoisotopic (exact) mass is 298 g/mol. The Morgan fingerprint density at radius 1 is 1.33 bits per heavy atom. The first kappa shape index (κ1) is 17.1. The second kappa shape index (κ2) is 8.35. The normalized spacial score (nSPS) is 10.7. The molecule has 118 valence electrons. The van der Waals surface area contributed by atoms with Crippen molar-refractivity contribution in [2.24, 2.45) is 5.92 Å². The minimum atomic E-state index is -0.532. The smallest absolute Gasteiger partial charge is 0.352 e. The van der Waals surface area contributed by atoms with Crippen molar-refractivity contribution in [1.82, 2.24) is 9.97 Å². The van der Waals surface area contributed by atoms with Gasteiger partial charge in [0.1, 0.15) is 12.3 Å². The topological polar surface area (TPSA) is 99.4 Å². The number of nitro groups is 1. The van der Waals surface area contributed by atoms with Gasteiger partial charge >= 0.3 is 5.69 Å². The average Bonchev–Trinajstić information content (AvgIpc) is 2.37. The van der Waals surface area contributed by atoms with E-state index < -0.39 is 4.92 Å². The van der Waals surface area contributed by atoms with Gasteiger partial charge in [0.15, 0.2) is 0 Å². The molecule has 0 radical (unpaired) electrons. The van der Waals surface area contributed by atoms with E-state index in [1.54, 1.807) is 6.92 Å². The van der Waals surface area contributed by atoms with E-state index in [9.17, 15) is 10.1 Å². The molecule has 0 saturated heterocycles. The van der Waals surface area contributed by atoms with Gasteiger partial charge in [-0.05, 0) is 19.8 Å². The number of aromatic nitrogens is 2. The lowest BCUT2D eigenvalue weighted by Crippen LogP contribution is -2.13. The summed E-state index contributed by atoms with van der Waals surface area (Å²) in [4.78, 5) is 18.6. The minimum absolute atomic E-state index is 0.0309. The summed E-state index contributed by atoms with van der Waals surface area (Å²) in [6.07, 6.45) is 0. The van der Waals surface area contributed by atoms with Crippen molar-refractivity contribution in [2.45, 2.75) is 27.7 Å². The summed E-state index contributed by atoms with van der Waals surface area (Å²) in [5.74, 6) is 0.719. The first-order valence-electron chi connectivity index (χ1n) is 6.93. The van der Waals surface area contributed by atoms with Gasteiger partial charge in [-0.25, -0.2) is 4.98 Å². The lowest BCUT2D eigenvalue weighted by atomic mass is 10.2. The number of nitrogens with one attached hydrogen (secondary N) is 1. The molecule has 1 heterocycles. The third kappa shape index (κ3) is 5.50. The van der Waals surface area contributed by atoms with Crippen LogP contribution in [0.2, 0.25) is 0 Å². The van der Waals surface area contributed by atoms with Crippen molar-refractivity contribution in [3.05, 3.63) is 15.8 Å². The summed E-state index contributed by atoms with van der Waals surface area (Å²) < 4.78 is 10.8. The SMILES string of the molecule is CCNc1nc(C)c([N+](=O)[O-])c(OCCOCC(C)C)n1. The molecule has 0 aromatic carbocycles. The third-order valence-corrected chi connectivity index (χ3v) is 2.46. The van der Waals surface area contributed by atoms with E-state index in [1.165, 1.54) is 0 Å². The molecule has 8 nitrogen and oxygen atoms in total. The van der Waals surface area contributed by atoms with Crippen LogP contribution >= 0.6 is 0 Å². The van der Waals surface area contributed by atoms with Crippen LogP contribution in [0, 0.1) is 23.0 Å². The van der Waals surface area contributed by atoms with Crippen LogP contribution in [0.15, 0.2) is 0 Å². The molecule has 0 saturated carbocycles. The quantitative estimate of drug-likeness (QED) is 0.423. The van der Waals surface area contributed by atoms with E-state index in [0.717, 1.165) is 0 Å². The van der Waals surface area contributed by atoms with Crippen LogP contribution in [0.5, 0.6) is 5.88 Å². The van der Waals surface area contributed by atoms with Crippen molar-refractivity contribution in [3.8, 4) is 5.88 Å². The second-order valence-electron chi connectivity index (χ2n) is 4.89. The van der Waals surface area contributed by atoms with Crippen LogP contribution in [0.25, 0.3) is 0 Å². The predicted octanol–water partition coefficient (Wildman–Crippen LogP) is 2.18. The highest BCUT2D eigenvalue weighted by Crippen LogP contribution is 2.28. The van der Waals surface area contributed by atoms with Gasteiger partial charge in [-0.1, -0.05) is 13.8 Å². The Balaban J connectivity index is 2.75. The molecule has 0 spiro atoms. The Bertz CT molecular complexity index is 479. The molecule has 0 fully saturated rings. The maximum Gasteiger partial charge on any atom is 0.352 e. The molecule has 0 unspecified atom stereocenters. The third-order valence-electron chi connectivity index (χ3n) is 2.46. The fourth-order valence-electron chi connectivity index (χ4n) is 1.61. The molecular formula is C13H22N4O4. The number of hydrogen-bond donors (Lipinski definition) is 1. The molecule has 1 aromatic heterocycles. The van der Waals surface area contributed by atoms with Crippen LogP contribution in [0.3, 0.4) is 0 Å². The number of hydrogen-bond acceptors (Lipinski definition) is 7. The Kier molecular flexibility index (Phi) is 6.80. The van der Waals surface area contributed by atoms with Crippen molar-refractivity contribution in [1.29, 1.82) is 0 Å². The zero-order chi connectivity index (χ0) is 15.8. The van der Waals surface area contributed by atoms with Crippen molar-refractivity contribution < 1.29 is 14.4 Å². The van der Waals surface area contributed by atoms with Gasteiger partial charge < -0.3 is 14.8 Å². The molecule has 21 heavy (non-hydrogen) atoms. The van der Waals surface area contributed by atoms with E-state index in [1.807, 2.05) is 20.8 Å². The fourth-order valence-corrected chi connectivity index (χ4v) is 1.61. The largest absolute Gasteiger partial charge is 0.470 e. The molecule has 8 heteroatoms. The minimum Gasteiger partial charge on any atom is -0.470 e. The highest BCUT2D eigenvalue weighted by Gasteiger charge is 2.23. The molecule has 0 aliphatic heterocycles. The Labute approximate surface area is 124 Å². The zero-order valence-corrected chi connectivity index (χ0v) is 12.9. The van der Waals surface area contributed by atoms with Gasteiger partial charge in [-0.2, -0.15) is 4.98 Å². The van der Waals surface area contributed by atoms with Crippen molar-refractivity contribution in [2.75, 3.05) is 31.7 Å². The van der Waals surface area contributed by atoms with Crippen LogP contribution in [0.4, 0.5) is 11.6 Å². The van der Waals surface area contributed by atoms with Crippen molar-refractivity contribution >= 4 is 11.6 Å². The number of ether oxygens (including phenoxy) is 2. The lowest BCUT2D eigenvalue weighted by Gasteiger charge is -2.10. The Hall–Kier alpha value is -1.96. The van der Waals surface area contributed by atoms with Gasteiger partial charge in [0.2, 0.25) is 5.95 Å². The molecule has 0 aliphatic rings. The number of anilines is 1. The average molecular weight is 298 g/mol. The molecule has 1 rings (SSSR count). The summed E-state index contributed by atoms with van der Waals surface area (Å²) in [5, 5.41) is 14.0. The fraction of sp³-hybridized carbons (Fsp3) is 0.692. The molecule has 1 aromatic rings. The maximum atomic E-state index is 11.1. The second-order valence-corrected chi connectivity index (χ2v) is 4.89. The van der Waals surface area contributed by atoms with Crippen LogP contribution in [0.1, 0.15) is 26.5 Å². The van der Waals surface area contributed by atoms with Crippen molar-refractivity contribution in [3.63, 3.8) is 0 Å². The van der Waals surface area contributed by atoms with Crippen LogP contribution in [-0.2, 0) is 4.74 Å². The number of aryl methyl sites for hydroxylation is 1. The highest BCUT2D eigenvalue weighted by molar-refractivity contribution is 5.48. The number of rotatable bonds is 9. The van der Waals surface area contributed by atoms with E-state index in [2.05, 4.69) is 15.3 Å². The van der Waals surface area contributed by atoms with Crippen LogP contribution in [-0.4, -0.2) is 41.3 Å². The highest BCUT2D eigenvalue weighted by atomic mass is 16.6. The molecule has 0 aliphatic carbocycles. The summed E-state index contributed by atoms with van der Waals surface area (Å²) in [7, 11) is 0. The summed E-state index contributed by atoms with van der Waals surface area (Å²) in [6.45, 7) is 9.34.